The van der Waals surface area contributed by atoms with Gasteiger partial charge in [0.25, 0.3) is 0 Å². The van der Waals surface area contributed by atoms with Crippen molar-refractivity contribution in [3.05, 3.63) is 53.4 Å². The number of aliphatic hydroxyl groups excluding tert-OH is 1. The molecule has 5 rings (SSSR count). The molecular weight excluding hydrogens is 616 g/mol. The van der Waals surface area contributed by atoms with Crippen molar-refractivity contribution in [2.24, 2.45) is 5.92 Å². The topological polar surface area (TPSA) is 110 Å². The van der Waals surface area contributed by atoms with Crippen molar-refractivity contribution in [2.45, 2.75) is 37.6 Å². The number of aliphatic hydroxyl groups is 1. The second-order valence-corrected chi connectivity index (χ2v) is 12.0. The van der Waals surface area contributed by atoms with Crippen LogP contribution in [0.5, 0.6) is 0 Å². The zero-order chi connectivity index (χ0) is 32.3. The predicted octanol–water partition coefficient (Wildman–Crippen LogP) is 4.79. The lowest BCUT2D eigenvalue weighted by atomic mass is 9.78. The summed E-state index contributed by atoms with van der Waals surface area (Å²) in [5.74, 6) is -0.339. The number of aromatic nitrogens is 3. The molecule has 10 nitrogen and oxygen atoms in total. The number of carbonyl (C=O) groups is 1. The van der Waals surface area contributed by atoms with Gasteiger partial charge in [0.2, 0.25) is 5.91 Å². The minimum absolute atomic E-state index is 0.0813. The fraction of sp³-hybridized carbons (Fsp3) is 0.467. The average Bonchev–Trinajstić information content (AvgIpc) is 2.97. The SMILES string of the molecule is CN1CCN(C2CC(C(=O)Nc3cc(Nc4cc(-c5cc(Cl)ccc5F)nnc4N(C)CCC(O)C(F)(F)F)ccn3)C2)CC1. The van der Waals surface area contributed by atoms with E-state index in [-0.39, 0.29) is 40.5 Å². The summed E-state index contributed by atoms with van der Waals surface area (Å²) in [6, 6.07) is 9.14. The summed E-state index contributed by atoms with van der Waals surface area (Å²) < 4.78 is 53.4. The van der Waals surface area contributed by atoms with Crippen molar-refractivity contribution in [2.75, 3.05) is 62.4 Å². The van der Waals surface area contributed by atoms with E-state index in [2.05, 4.69) is 42.7 Å². The molecule has 1 saturated carbocycles. The van der Waals surface area contributed by atoms with Crippen LogP contribution in [0.15, 0.2) is 42.6 Å². The number of piperazine rings is 1. The molecule has 1 unspecified atom stereocenters. The minimum Gasteiger partial charge on any atom is -0.384 e. The number of likely N-dealkylation sites (N-methyl/N-ethyl adjacent to an activating group) is 1. The van der Waals surface area contributed by atoms with E-state index in [9.17, 15) is 27.5 Å². The third kappa shape index (κ3) is 8.17. The van der Waals surface area contributed by atoms with E-state index >= 15 is 0 Å². The van der Waals surface area contributed by atoms with Crippen LogP contribution in [0.3, 0.4) is 0 Å². The highest BCUT2D eigenvalue weighted by Crippen LogP contribution is 2.35. The van der Waals surface area contributed by atoms with Crippen LogP contribution >= 0.6 is 11.6 Å². The van der Waals surface area contributed by atoms with Gasteiger partial charge in [-0.25, -0.2) is 9.37 Å². The van der Waals surface area contributed by atoms with E-state index in [1.54, 1.807) is 12.1 Å². The maximum absolute atomic E-state index is 14.7. The Morgan fingerprint density at radius 1 is 1.13 bits per heavy atom. The van der Waals surface area contributed by atoms with Crippen molar-refractivity contribution in [3.63, 3.8) is 0 Å². The van der Waals surface area contributed by atoms with Crippen LogP contribution in [-0.2, 0) is 4.79 Å². The van der Waals surface area contributed by atoms with Crippen LogP contribution in [-0.4, -0.2) is 101 Å². The average molecular weight is 651 g/mol. The first kappa shape index (κ1) is 32.8. The van der Waals surface area contributed by atoms with E-state index in [0.29, 0.717) is 23.2 Å². The molecule has 2 fully saturated rings. The minimum atomic E-state index is -4.76. The molecule has 0 radical (unpaired) electrons. The van der Waals surface area contributed by atoms with E-state index in [0.717, 1.165) is 39.0 Å². The Morgan fingerprint density at radius 3 is 2.58 bits per heavy atom. The molecular formula is C30H35ClF4N8O2. The summed E-state index contributed by atoms with van der Waals surface area (Å²) in [4.78, 5) is 23.4. The van der Waals surface area contributed by atoms with E-state index in [4.69, 9.17) is 11.6 Å². The molecule has 2 aliphatic rings. The lowest BCUT2D eigenvalue weighted by molar-refractivity contribution is -0.204. The quantitative estimate of drug-likeness (QED) is 0.267. The molecule has 1 aliphatic carbocycles. The summed E-state index contributed by atoms with van der Waals surface area (Å²) >= 11 is 6.07. The molecule has 0 bridgehead atoms. The van der Waals surface area contributed by atoms with Crippen LogP contribution in [0.25, 0.3) is 11.3 Å². The molecule has 1 atom stereocenters. The Balaban J connectivity index is 1.31. The number of hydrogen-bond acceptors (Lipinski definition) is 9. The Labute approximate surface area is 263 Å². The van der Waals surface area contributed by atoms with Crippen LogP contribution in [0.2, 0.25) is 5.02 Å². The standard InChI is InChI=1S/C30H35ClF4N8O2/c1-41-9-11-43(12-10-41)21-13-18(14-21)29(45)38-27-16-20(5-7-36-27)37-25-17-24(22-15-19(31)3-4-23(22)32)39-40-28(25)42(2)8-6-26(44)30(33,34)35/h3-5,7,15-18,21,26,44H,6,8-14H2,1-2H3,(H2,36,37,38,39,45). The first-order valence-corrected chi connectivity index (χ1v) is 15.0. The highest BCUT2D eigenvalue weighted by molar-refractivity contribution is 6.30. The molecule has 1 amide bonds. The Kier molecular flexibility index (Phi) is 10.1. The van der Waals surface area contributed by atoms with Crippen LogP contribution < -0.4 is 15.5 Å². The van der Waals surface area contributed by atoms with Gasteiger partial charge in [-0.1, -0.05) is 11.6 Å². The monoisotopic (exact) mass is 650 g/mol. The molecule has 2 aromatic heterocycles. The highest BCUT2D eigenvalue weighted by atomic mass is 35.5. The number of nitrogens with zero attached hydrogens (tertiary/aromatic N) is 6. The van der Waals surface area contributed by atoms with Crippen molar-refractivity contribution in [3.8, 4) is 11.3 Å². The largest absolute Gasteiger partial charge is 0.414 e. The fourth-order valence-corrected chi connectivity index (χ4v) is 5.59. The van der Waals surface area contributed by atoms with Gasteiger partial charge in [-0.2, -0.15) is 13.2 Å². The molecule has 1 saturated heterocycles. The molecule has 15 heteroatoms. The normalized spacial score (nSPS) is 19.9. The maximum Gasteiger partial charge on any atom is 0.414 e. The van der Waals surface area contributed by atoms with E-state index in [1.807, 2.05) is 0 Å². The van der Waals surface area contributed by atoms with Gasteiger partial charge in [-0.05, 0) is 56.6 Å². The number of nitrogens with one attached hydrogen (secondary N) is 2. The highest BCUT2D eigenvalue weighted by Gasteiger charge is 2.39. The number of anilines is 4. The number of benzene rings is 1. The van der Waals surface area contributed by atoms with E-state index < -0.39 is 24.5 Å². The summed E-state index contributed by atoms with van der Waals surface area (Å²) in [6.45, 7) is 3.84. The Bertz CT molecular complexity index is 1500. The maximum atomic E-state index is 14.7. The van der Waals surface area contributed by atoms with Gasteiger partial charge in [0, 0.05) is 80.3 Å². The molecule has 0 spiro atoms. The molecule has 1 aromatic carbocycles. The summed E-state index contributed by atoms with van der Waals surface area (Å²) in [5.41, 5.74) is 0.992. The summed E-state index contributed by atoms with van der Waals surface area (Å²) in [5, 5.41) is 24.1. The molecule has 3 N–H and O–H groups in total. The fourth-order valence-electron chi connectivity index (χ4n) is 5.42. The third-order valence-corrected chi connectivity index (χ3v) is 8.52. The van der Waals surface area contributed by atoms with Gasteiger partial charge in [-0.3, -0.25) is 9.69 Å². The summed E-state index contributed by atoms with van der Waals surface area (Å²) in [6.07, 6.45) is -4.79. The Hall–Kier alpha value is -3.59. The first-order chi connectivity index (χ1) is 21.4. The number of alkyl halides is 3. The van der Waals surface area contributed by atoms with Crippen LogP contribution in [0, 0.1) is 11.7 Å². The molecule has 1 aliphatic heterocycles. The second-order valence-electron chi connectivity index (χ2n) is 11.6. The van der Waals surface area contributed by atoms with Crippen molar-refractivity contribution in [1.29, 1.82) is 0 Å². The van der Waals surface area contributed by atoms with E-state index in [1.165, 1.54) is 42.4 Å². The van der Waals surface area contributed by atoms with Gasteiger partial charge >= 0.3 is 6.18 Å². The zero-order valence-corrected chi connectivity index (χ0v) is 25.6. The zero-order valence-electron chi connectivity index (χ0n) is 24.9. The number of rotatable bonds is 10. The second kappa shape index (κ2) is 13.8. The lowest BCUT2D eigenvalue weighted by Crippen LogP contribution is -2.54. The van der Waals surface area contributed by atoms with Crippen LogP contribution in [0.1, 0.15) is 19.3 Å². The predicted molar refractivity (Wildman–Crippen MR) is 164 cm³/mol. The van der Waals surface area contributed by atoms with Crippen molar-refractivity contribution < 1.29 is 27.5 Å². The number of carbonyl (C=O) groups excluding carboxylic acids is 1. The number of halogens is 5. The molecule has 242 valence electrons. The lowest BCUT2D eigenvalue weighted by Gasteiger charge is -2.45. The number of hydrogen-bond donors (Lipinski definition) is 3. The van der Waals surface area contributed by atoms with Crippen molar-refractivity contribution >= 4 is 40.5 Å². The van der Waals surface area contributed by atoms with Gasteiger partial charge in [-0.15, -0.1) is 10.2 Å². The van der Waals surface area contributed by atoms with Gasteiger partial charge in [0.1, 0.15) is 11.6 Å². The summed E-state index contributed by atoms with van der Waals surface area (Å²) in [7, 11) is 3.61. The molecule has 3 heterocycles. The van der Waals surface area contributed by atoms with Crippen molar-refractivity contribution in [1.82, 2.24) is 25.0 Å². The molecule has 3 aromatic rings. The number of amides is 1. The third-order valence-electron chi connectivity index (χ3n) is 8.28. The number of pyridine rings is 1. The van der Waals surface area contributed by atoms with Crippen LogP contribution in [0.4, 0.5) is 40.6 Å². The van der Waals surface area contributed by atoms with Gasteiger partial charge in [0.05, 0.1) is 11.4 Å². The van der Waals surface area contributed by atoms with Gasteiger partial charge in [0.15, 0.2) is 11.9 Å². The first-order valence-electron chi connectivity index (χ1n) is 14.6. The smallest absolute Gasteiger partial charge is 0.384 e. The van der Waals surface area contributed by atoms with Gasteiger partial charge < -0.3 is 25.5 Å². The molecule has 45 heavy (non-hydrogen) atoms. The Morgan fingerprint density at radius 2 is 1.87 bits per heavy atom.